The Balaban J connectivity index is 2.07. The molecular weight excluding hydrogens is 182 g/mol. The Kier molecular flexibility index (Phi) is 2.34. The number of fused-ring (bicyclic) bond motifs is 3. The molecule has 0 spiro atoms. The standard InChI is InChI=1S/C14H21N/c1-11-6-4-5-9-15-13-8-3-2-7-12(13)10-14(11)15/h10-11H,2-9H2,1H3. The predicted octanol–water partition coefficient (Wildman–Crippen LogP) is 3.65. The maximum Gasteiger partial charge on any atom is 0.0225 e. The van der Waals surface area contributed by atoms with Crippen LogP contribution >= 0.6 is 0 Å². The van der Waals surface area contributed by atoms with Crippen LogP contribution in [0.4, 0.5) is 0 Å². The van der Waals surface area contributed by atoms with Crippen LogP contribution in [0.3, 0.4) is 0 Å². The van der Waals surface area contributed by atoms with Crippen molar-refractivity contribution in [2.45, 2.75) is 64.3 Å². The van der Waals surface area contributed by atoms with Gasteiger partial charge in [-0.05, 0) is 56.1 Å². The molecule has 0 saturated carbocycles. The van der Waals surface area contributed by atoms with Gasteiger partial charge < -0.3 is 4.57 Å². The van der Waals surface area contributed by atoms with Crippen molar-refractivity contribution in [1.82, 2.24) is 4.57 Å². The Bertz CT molecular complexity index is 362. The molecular formula is C14H21N. The summed E-state index contributed by atoms with van der Waals surface area (Å²) in [6.07, 6.45) is 9.68. The molecule has 0 bridgehead atoms. The molecule has 0 aromatic carbocycles. The van der Waals surface area contributed by atoms with Gasteiger partial charge in [0.15, 0.2) is 0 Å². The molecule has 0 fully saturated rings. The van der Waals surface area contributed by atoms with Gasteiger partial charge in [0.25, 0.3) is 0 Å². The summed E-state index contributed by atoms with van der Waals surface area (Å²) in [6.45, 7) is 3.69. The van der Waals surface area contributed by atoms with E-state index >= 15 is 0 Å². The van der Waals surface area contributed by atoms with Crippen molar-refractivity contribution in [3.8, 4) is 0 Å². The third-order valence-corrected chi connectivity index (χ3v) is 4.21. The SMILES string of the molecule is CC1CCCCn2c1cc1c2CCCC1. The Labute approximate surface area is 92.5 Å². The fourth-order valence-corrected chi connectivity index (χ4v) is 3.33. The minimum atomic E-state index is 0.790. The van der Waals surface area contributed by atoms with E-state index in [0.29, 0.717) is 0 Å². The van der Waals surface area contributed by atoms with E-state index < -0.39 is 0 Å². The molecule has 1 nitrogen and oxygen atoms in total. The van der Waals surface area contributed by atoms with Gasteiger partial charge in [-0.2, -0.15) is 0 Å². The van der Waals surface area contributed by atoms with Gasteiger partial charge in [-0.25, -0.2) is 0 Å². The van der Waals surface area contributed by atoms with Crippen molar-refractivity contribution >= 4 is 0 Å². The molecule has 1 aromatic heterocycles. The van der Waals surface area contributed by atoms with E-state index in [1.165, 1.54) is 51.5 Å². The van der Waals surface area contributed by atoms with Gasteiger partial charge in [0.05, 0.1) is 0 Å². The summed E-state index contributed by atoms with van der Waals surface area (Å²) >= 11 is 0. The summed E-state index contributed by atoms with van der Waals surface area (Å²) < 4.78 is 2.66. The lowest BCUT2D eigenvalue weighted by molar-refractivity contribution is 0.579. The second kappa shape index (κ2) is 3.70. The van der Waals surface area contributed by atoms with Gasteiger partial charge in [-0.15, -0.1) is 0 Å². The molecule has 15 heavy (non-hydrogen) atoms. The molecule has 0 saturated heterocycles. The number of aryl methyl sites for hydroxylation is 1. The number of nitrogens with zero attached hydrogens (tertiary/aromatic N) is 1. The number of hydrogen-bond acceptors (Lipinski definition) is 0. The van der Waals surface area contributed by atoms with Crippen LogP contribution in [0.15, 0.2) is 6.07 Å². The quantitative estimate of drug-likeness (QED) is 0.606. The Morgan fingerprint density at radius 3 is 2.93 bits per heavy atom. The highest BCUT2D eigenvalue weighted by Crippen LogP contribution is 2.33. The van der Waals surface area contributed by atoms with E-state index in [2.05, 4.69) is 17.6 Å². The molecule has 1 atom stereocenters. The summed E-state index contributed by atoms with van der Waals surface area (Å²) in [4.78, 5) is 0. The van der Waals surface area contributed by atoms with Gasteiger partial charge in [-0.1, -0.05) is 13.3 Å². The van der Waals surface area contributed by atoms with Crippen LogP contribution in [0, 0.1) is 0 Å². The molecule has 1 heteroatoms. The largest absolute Gasteiger partial charge is 0.348 e. The highest BCUT2D eigenvalue weighted by Gasteiger charge is 2.22. The van der Waals surface area contributed by atoms with E-state index in [0.717, 1.165) is 5.92 Å². The lowest BCUT2D eigenvalue weighted by Gasteiger charge is -2.16. The van der Waals surface area contributed by atoms with E-state index in [-0.39, 0.29) is 0 Å². The maximum absolute atomic E-state index is 2.66. The zero-order chi connectivity index (χ0) is 10.3. The van der Waals surface area contributed by atoms with Crippen molar-refractivity contribution in [2.24, 2.45) is 0 Å². The molecule has 0 radical (unpaired) electrons. The first-order valence-corrected chi connectivity index (χ1v) is 6.57. The summed E-state index contributed by atoms with van der Waals surface area (Å²) in [5, 5.41) is 0. The molecule has 1 aliphatic carbocycles. The zero-order valence-corrected chi connectivity index (χ0v) is 9.76. The molecule has 82 valence electrons. The van der Waals surface area contributed by atoms with Crippen LogP contribution in [0.5, 0.6) is 0 Å². The van der Waals surface area contributed by atoms with Gasteiger partial charge in [0, 0.05) is 17.9 Å². The van der Waals surface area contributed by atoms with Gasteiger partial charge in [0.1, 0.15) is 0 Å². The first-order chi connectivity index (χ1) is 7.36. The monoisotopic (exact) mass is 203 g/mol. The molecule has 1 aromatic rings. The van der Waals surface area contributed by atoms with Gasteiger partial charge in [-0.3, -0.25) is 0 Å². The van der Waals surface area contributed by atoms with Crippen molar-refractivity contribution in [3.05, 3.63) is 23.0 Å². The summed E-state index contributed by atoms with van der Waals surface area (Å²) in [5.74, 6) is 0.790. The van der Waals surface area contributed by atoms with Crippen molar-refractivity contribution in [3.63, 3.8) is 0 Å². The Hall–Kier alpha value is -0.720. The molecule has 3 rings (SSSR count). The summed E-state index contributed by atoms with van der Waals surface area (Å²) in [6, 6.07) is 2.52. The lowest BCUT2D eigenvalue weighted by atomic mass is 9.96. The average molecular weight is 203 g/mol. The van der Waals surface area contributed by atoms with Crippen LogP contribution in [-0.4, -0.2) is 4.57 Å². The number of rotatable bonds is 0. The first-order valence-electron chi connectivity index (χ1n) is 6.57. The molecule has 0 N–H and O–H groups in total. The average Bonchev–Trinajstić information content (AvgIpc) is 2.54. The third kappa shape index (κ3) is 1.53. The molecule has 0 amide bonds. The van der Waals surface area contributed by atoms with Crippen molar-refractivity contribution < 1.29 is 0 Å². The second-order valence-electron chi connectivity index (χ2n) is 5.30. The molecule has 2 aliphatic rings. The predicted molar refractivity (Wildman–Crippen MR) is 63.3 cm³/mol. The minimum absolute atomic E-state index is 0.790. The first kappa shape index (κ1) is 9.50. The van der Waals surface area contributed by atoms with Crippen LogP contribution in [-0.2, 0) is 19.4 Å². The van der Waals surface area contributed by atoms with Gasteiger partial charge in [0.2, 0.25) is 0 Å². The number of hydrogen-bond donors (Lipinski definition) is 0. The smallest absolute Gasteiger partial charge is 0.0225 e. The van der Waals surface area contributed by atoms with Crippen molar-refractivity contribution in [1.29, 1.82) is 0 Å². The third-order valence-electron chi connectivity index (χ3n) is 4.21. The van der Waals surface area contributed by atoms with Crippen LogP contribution in [0.1, 0.15) is 61.9 Å². The Morgan fingerprint density at radius 2 is 2.00 bits per heavy atom. The summed E-state index contributed by atoms with van der Waals surface area (Å²) in [7, 11) is 0. The maximum atomic E-state index is 2.66. The van der Waals surface area contributed by atoms with Crippen LogP contribution in [0.2, 0.25) is 0 Å². The fourth-order valence-electron chi connectivity index (χ4n) is 3.33. The summed E-state index contributed by atoms with van der Waals surface area (Å²) in [5.41, 5.74) is 4.99. The normalized spacial score (nSPS) is 25.5. The number of aromatic nitrogens is 1. The molecule has 1 aliphatic heterocycles. The van der Waals surface area contributed by atoms with Crippen LogP contribution in [0.25, 0.3) is 0 Å². The topological polar surface area (TPSA) is 4.93 Å². The van der Waals surface area contributed by atoms with Crippen molar-refractivity contribution in [2.75, 3.05) is 0 Å². The van der Waals surface area contributed by atoms with Gasteiger partial charge >= 0.3 is 0 Å². The zero-order valence-electron chi connectivity index (χ0n) is 9.76. The fraction of sp³-hybridized carbons (Fsp3) is 0.714. The van der Waals surface area contributed by atoms with E-state index in [4.69, 9.17) is 0 Å². The second-order valence-corrected chi connectivity index (χ2v) is 5.30. The lowest BCUT2D eigenvalue weighted by Crippen LogP contribution is -2.09. The van der Waals surface area contributed by atoms with E-state index in [1.807, 2.05) is 0 Å². The highest BCUT2D eigenvalue weighted by atomic mass is 15.0. The van der Waals surface area contributed by atoms with Crippen LogP contribution < -0.4 is 0 Å². The molecule has 1 unspecified atom stereocenters. The van der Waals surface area contributed by atoms with E-state index in [9.17, 15) is 0 Å². The van der Waals surface area contributed by atoms with E-state index in [1.54, 1.807) is 17.0 Å². The Morgan fingerprint density at radius 1 is 1.13 bits per heavy atom. The minimum Gasteiger partial charge on any atom is -0.348 e. The highest BCUT2D eigenvalue weighted by molar-refractivity contribution is 5.32. The molecule has 2 heterocycles.